The highest BCUT2D eigenvalue weighted by Crippen LogP contribution is 2.35. The van der Waals surface area contributed by atoms with Gasteiger partial charge in [0.2, 0.25) is 5.91 Å². The second-order valence-electron chi connectivity index (χ2n) is 8.19. The number of hydrogen-bond donors (Lipinski definition) is 2. The van der Waals surface area contributed by atoms with Gasteiger partial charge in [0.15, 0.2) is 0 Å². The lowest BCUT2D eigenvalue weighted by atomic mass is 10.0. The summed E-state index contributed by atoms with van der Waals surface area (Å²) in [6, 6.07) is 22.5. The predicted molar refractivity (Wildman–Crippen MR) is 153 cm³/mol. The Morgan fingerprint density at radius 3 is 2.32 bits per heavy atom. The van der Waals surface area contributed by atoms with E-state index in [-0.39, 0.29) is 17.6 Å². The van der Waals surface area contributed by atoms with E-state index in [1.165, 1.54) is 37.3 Å². The first-order valence-corrected chi connectivity index (χ1v) is 13.4. The molecule has 9 heteroatoms. The third kappa shape index (κ3) is 6.17. The highest BCUT2D eigenvalue weighted by Gasteiger charge is 2.19. The summed E-state index contributed by atoms with van der Waals surface area (Å²) in [5, 5.41) is 17.9. The minimum atomic E-state index is -0.370. The number of carbonyl (C=O) groups excluding carboxylic acids is 2. The van der Waals surface area contributed by atoms with Crippen molar-refractivity contribution in [2.45, 2.75) is 11.8 Å². The van der Waals surface area contributed by atoms with Crippen molar-refractivity contribution in [2.24, 2.45) is 0 Å². The van der Waals surface area contributed by atoms with E-state index in [0.717, 1.165) is 21.6 Å². The highest BCUT2D eigenvalue weighted by atomic mass is 32.2. The molecule has 7 nitrogen and oxygen atoms in total. The van der Waals surface area contributed by atoms with Crippen LogP contribution in [0.3, 0.4) is 0 Å². The largest absolute Gasteiger partial charge is 0.496 e. The van der Waals surface area contributed by atoms with E-state index in [9.17, 15) is 14.9 Å². The smallest absolute Gasteiger partial charge is 0.263 e. The first kappa shape index (κ1) is 26.8. The van der Waals surface area contributed by atoms with Crippen LogP contribution in [-0.2, 0) is 4.79 Å². The van der Waals surface area contributed by atoms with E-state index in [0.29, 0.717) is 33.3 Å². The molecule has 0 saturated carbocycles. The van der Waals surface area contributed by atoms with Crippen molar-refractivity contribution in [1.82, 2.24) is 0 Å². The lowest BCUT2D eigenvalue weighted by molar-refractivity contribution is -0.113. The molecule has 0 bridgehead atoms. The molecule has 38 heavy (non-hydrogen) atoms. The predicted octanol–water partition coefficient (Wildman–Crippen LogP) is 6.60. The Balaban J connectivity index is 1.40. The third-order valence-electron chi connectivity index (χ3n) is 5.64. The first-order chi connectivity index (χ1) is 18.4. The molecular formula is C29H25N3O4S2. The van der Waals surface area contributed by atoms with Crippen LogP contribution in [0.2, 0.25) is 0 Å². The molecule has 3 aromatic carbocycles. The second kappa shape index (κ2) is 12.3. The van der Waals surface area contributed by atoms with Gasteiger partial charge in [0, 0.05) is 21.5 Å². The zero-order valence-corrected chi connectivity index (χ0v) is 22.7. The Hall–Kier alpha value is -4.26. The molecule has 0 fully saturated rings. The Morgan fingerprint density at radius 1 is 0.974 bits per heavy atom. The highest BCUT2D eigenvalue weighted by molar-refractivity contribution is 8.00. The monoisotopic (exact) mass is 543 g/mol. The minimum absolute atomic E-state index is 0.139. The fourth-order valence-electron chi connectivity index (χ4n) is 3.75. The van der Waals surface area contributed by atoms with Gasteiger partial charge in [-0.3, -0.25) is 9.59 Å². The van der Waals surface area contributed by atoms with Crippen LogP contribution in [0.1, 0.15) is 21.5 Å². The maximum Gasteiger partial charge on any atom is 0.263 e. The summed E-state index contributed by atoms with van der Waals surface area (Å²) in [6.45, 7) is 2.01. The summed E-state index contributed by atoms with van der Waals surface area (Å²) in [4.78, 5) is 26.5. The van der Waals surface area contributed by atoms with Crippen LogP contribution in [0.25, 0.3) is 11.1 Å². The molecule has 192 valence electrons. The zero-order chi connectivity index (χ0) is 27.1. The van der Waals surface area contributed by atoms with Crippen molar-refractivity contribution in [2.75, 3.05) is 30.6 Å². The Bertz CT molecular complexity index is 1480. The van der Waals surface area contributed by atoms with Gasteiger partial charge in [0.25, 0.3) is 5.91 Å². The van der Waals surface area contributed by atoms with E-state index in [1.807, 2.05) is 42.6 Å². The number of ether oxygens (including phenoxy) is 2. The van der Waals surface area contributed by atoms with E-state index in [1.54, 1.807) is 36.4 Å². The number of benzene rings is 3. The lowest BCUT2D eigenvalue weighted by Gasteiger charge is -2.13. The van der Waals surface area contributed by atoms with Gasteiger partial charge in [0.05, 0.1) is 25.5 Å². The number of thioether (sulfide) groups is 1. The van der Waals surface area contributed by atoms with Crippen molar-refractivity contribution >= 4 is 45.6 Å². The fraction of sp³-hybridized carbons (Fsp3) is 0.138. The molecule has 2 amide bonds. The molecule has 0 spiro atoms. The van der Waals surface area contributed by atoms with Gasteiger partial charge in [-0.05, 0) is 42.8 Å². The van der Waals surface area contributed by atoms with E-state index < -0.39 is 0 Å². The number of methoxy groups -OCH3 is 2. The van der Waals surface area contributed by atoms with Gasteiger partial charge < -0.3 is 20.1 Å². The summed E-state index contributed by atoms with van der Waals surface area (Å²) in [7, 11) is 2.99. The summed E-state index contributed by atoms with van der Waals surface area (Å²) in [6.07, 6.45) is 0. The number of nitriles is 1. The lowest BCUT2D eigenvalue weighted by Crippen LogP contribution is -2.15. The van der Waals surface area contributed by atoms with Crippen molar-refractivity contribution in [3.05, 3.63) is 88.8 Å². The molecule has 0 radical (unpaired) electrons. The number of nitrogens with zero attached hydrogens (tertiary/aromatic N) is 1. The number of anilines is 2. The van der Waals surface area contributed by atoms with E-state index in [2.05, 4.69) is 16.7 Å². The second-order valence-corrected chi connectivity index (χ2v) is 10.1. The summed E-state index contributed by atoms with van der Waals surface area (Å²) < 4.78 is 10.6. The van der Waals surface area contributed by atoms with Crippen molar-refractivity contribution in [1.29, 1.82) is 5.26 Å². The molecule has 0 saturated heterocycles. The topological polar surface area (TPSA) is 100 Å². The molecule has 0 atom stereocenters. The van der Waals surface area contributed by atoms with Crippen LogP contribution in [0.15, 0.2) is 77.0 Å². The molecular weight excluding hydrogens is 518 g/mol. The fourth-order valence-corrected chi connectivity index (χ4v) is 5.44. The molecule has 2 N–H and O–H groups in total. The van der Waals surface area contributed by atoms with Gasteiger partial charge in [-0.1, -0.05) is 42.0 Å². The Morgan fingerprint density at radius 2 is 1.66 bits per heavy atom. The molecule has 0 aliphatic carbocycles. The summed E-state index contributed by atoms with van der Waals surface area (Å²) in [5.41, 5.74) is 4.19. The van der Waals surface area contributed by atoms with Crippen LogP contribution in [-0.4, -0.2) is 31.8 Å². The number of aryl methyl sites for hydroxylation is 1. The quantitative estimate of drug-likeness (QED) is 0.231. The van der Waals surface area contributed by atoms with Gasteiger partial charge >= 0.3 is 0 Å². The van der Waals surface area contributed by atoms with Crippen molar-refractivity contribution in [3.63, 3.8) is 0 Å². The van der Waals surface area contributed by atoms with Gasteiger partial charge in [-0.25, -0.2) is 0 Å². The van der Waals surface area contributed by atoms with E-state index in [4.69, 9.17) is 9.47 Å². The Labute approximate surface area is 229 Å². The SMILES string of the molecule is COc1cccc(OC)c1C(=O)Nc1cccc(SCC(=O)Nc2scc(-c3ccc(C)cc3)c2C#N)c1. The third-order valence-corrected chi connectivity index (χ3v) is 7.52. The van der Waals surface area contributed by atoms with Crippen LogP contribution >= 0.6 is 23.1 Å². The number of carbonyl (C=O) groups is 2. The maximum absolute atomic E-state index is 13.0. The molecule has 4 aromatic rings. The molecule has 0 unspecified atom stereocenters. The van der Waals surface area contributed by atoms with E-state index >= 15 is 0 Å². The minimum Gasteiger partial charge on any atom is -0.496 e. The van der Waals surface area contributed by atoms with Gasteiger partial charge in [-0.2, -0.15) is 5.26 Å². The van der Waals surface area contributed by atoms with Crippen LogP contribution in [0, 0.1) is 18.3 Å². The normalized spacial score (nSPS) is 10.4. The summed E-state index contributed by atoms with van der Waals surface area (Å²) >= 11 is 2.66. The van der Waals surface area contributed by atoms with Gasteiger partial charge in [0.1, 0.15) is 28.1 Å². The number of thiophene rings is 1. The summed E-state index contributed by atoms with van der Waals surface area (Å²) in [5.74, 6) is 0.350. The van der Waals surface area contributed by atoms with Crippen LogP contribution < -0.4 is 20.1 Å². The standard InChI is InChI=1S/C29H25N3O4S2/c1-18-10-12-19(13-11-18)23-16-38-29(22(23)15-30)32-26(33)17-37-21-7-4-6-20(14-21)31-28(34)27-24(35-2)8-5-9-25(27)36-3/h4-14,16H,17H2,1-3H3,(H,31,34)(H,32,33). The molecule has 0 aliphatic rings. The molecule has 4 rings (SSSR count). The molecule has 1 aromatic heterocycles. The number of nitrogens with one attached hydrogen (secondary N) is 2. The Kier molecular flexibility index (Phi) is 8.69. The zero-order valence-electron chi connectivity index (χ0n) is 21.0. The average molecular weight is 544 g/mol. The van der Waals surface area contributed by atoms with Crippen molar-refractivity contribution in [3.8, 4) is 28.7 Å². The first-order valence-electron chi connectivity index (χ1n) is 11.6. The molecule has 0 aliphatic heterocycles. The van der Waals surface area contributed by atoms with Crippen molar-refractivity contribution < 1.29 is 19.1 Å². The molecule has 1 heterocycles. The van der Waals surface area contributed by atoms with Crippen LogP contribution in [0.5, 0.6) is 11.5 Å². The average Bonchev–Trinajstić information content (AvgIpc) is 3.34. The number of hydrogen-bond acceptors (Lipinski definition) is 7. The maximum atomic E-state index is 13.0. The number of rotatable bonds is 9. The number of amides is 2. The van der Waals surface area contributed by atoms with Crippen LogP contribution in [0.4, 0.5) is 10.7 Å². The van der Waals surface area contributed by atoms with Gasteiger partial charge in [-0.15, -0.1) is 23.1 Å².